The molecule has 1 atom stereocenters. The van der Waals surface area contributed by atoms with Crippen molar-refractivity contribution < 1.29 is 4.74 Å². The van der Waals surface area contributed by atoms with Crippen LogP contribution >= 0.6 is 0 Å². The van der Waals surface area contributed by atoms with Crippen LogP contribution in [0.15, 0.2) is 0 Å². The number of ether oxygens (including phenoxy) is 1. The lowest BCUT2D eigenvalue weighted by Gasteiger charge is -2.39. The first-order valence-electron chi connectivity index (χ1n) is 4.00. The Morgan fingerprint density at radius 2 is 1.73 bits per heavy atom. The third-order valence-electron chi connectivity index (χ3n) is 2.08. The summed E-state index contributed by atoms with van der Waals surface area (Å²) in [5.74, 6) is 0. The maximum absolute atomic E-state index is 5.94. The van der Waals surface area contributed by atoms with Crippen molar-refractivity contribution in [3.63, 3.8) is 0 Å². The van der Waals surface area contributed by atoms with Crippen LogP contribution in [0.1, 0.15) is 33.6 Å². The Hall–Kier alpha value is -0.120. The van der Waals surface area contributed by atoms with E-state index in [0.717, 1.165) is 12.8 Å². The van der Waals surface area contributed by atoms with Gasteiger partial charge in [0.05, 0.1) is 5.54 Å². The lowest BCUT2D eigenvalue weighted by Crippen LogP contribution is -2.63. The standard InChI is InChI=1S/C8H20N2O/c1-5-6-8(10,11-4)7(2,3)9/h5-6,9-10H2,1-4H3. The van der Waals surface area contributed by atoms with E-state index in [1.807, 2.05) is 13.8 Å². The van der Waals surface area contributed by atoms with Crippen molar-refractivity contribution in [1.29, 1.82) is 0 Å². The molecule has 0 aromatic heterocycles. The highest BCUT2D eigenvalue weighted by molar-refractivity contribution is 4.93. The van der Waals surface area contributed by atoms with E-state index in [1.54, 1.807) is 7.11 Å². The first-order chi connectivity index (χ1) is 4.87. The highest BCUT2D eigenvalue weighted by atomic mass is 16.5. The fourth-order valence-corrected chi connectivity index (χ4v) is 1.06. The average molecular weight is 160 g/mol. The van der Waals surface area contributed by atoms with Crippen molar-refractivity contribution in [2.45, 2.75) is 44.9 Å². The molecule has 0 rings (SSSR count). The summed E-state index contributed by atoms with van der Waals surface area (Å²) in [5.41, 5.74) is 10.6. The predicted octanol–water partition coefficient (Wildman–Crippen LogP) is 0.825. The summed E-state index contributed by atoms with van der Waals surface area (Å²) in [6.07, 6.45) is 1.76. The molecule has 0 heterocycles. The summed E-state index contributed by atoms with van der Waals surface area (Å²) in [5, 5.41) is 0. The minimum Gasteiger partial charge on any atom is -0.362 e. The van der Waals surface area contributed by atoms with Crippen LogP contribution in [-0.4, -0.2) is 18.4 Å². The molecule has 0 saturated heterocycles. The molecule has 3 nitrogen and oxygen atoms in total. The average Bonchev–Trinajstić information content (AvgIpc) is 1.86. The summed E-state index contributed by atoms with van der Waals surface area (Å²) >= 11 is 0. The zero-order valence-electron chi connectivity index (χ0n) is 7.98. The van der Waals surface area contributed by atoms with E-state index in [1.165, 1.54) is 0 Å². The third kappa shape index (κ3) is 2.43. The topological polar surface area (TPSA) is 61.3 Å². The number of rotatable bonds is 4. The van der Waals surface area contributed by atoms with E-state index in [2.05, 4.69) is 6.92 Å². The second kappa shape index (κ2) is 3.52. The quantitative estimate of drug-likeness (QED) is 0.599. The van der Waals surface area contributed by atoms with E-state index in [-0.39, 0.29) is 0 Å². The van der Waals surface area contributed by atoms with Crippen LogP contribution in [0.5, 0.6) is 0 Å². The molecule has 0 aliphatic rings. The summed E-state index contributed by atoms with van der Waals surface area (Å²) < 4.78 is 5.20. The maximum atomic E-state index is 5.94. The van der Waals surface area contributed by atoms with Gasteiger partial charge in [-0.1, -0.05) is 13.3 Å². The fourth-order valence-electron chi connectivity index (χ4n) is 1.06. The molecule has 4 N–H and O–H groups in total. The molecule has 3 heteroatoms. The Morgan fingerprint density at radius 3 is 1.82 bits per heavy atom. The summed E-state index contributed by atoms with van der Waals surface area (Å²) in [6, 6.07) is 0. The van der Waals surface area contributed by atoms with Crippen LogP contribution in [0.3, 0.4) is 0 Å². The van der Waals surface area contributed by atoms with Gasteiger partial charge in [0.15, 0.2) is 0 Å². The maximum Gasteiger partial charge on any atom is 0.133 e. The van der Waals surface area contributed by atoms with Gasteiger partial charge in [-0.3, -0.25) is 0 Å². The molecule has 11 heavy (non-hydrogen) atoms. The molecule has 0 saturated carbocycles. The monoisotopic (exact) mass is 160 g/mol. The Morgan fingerprint density at radius 1 is 1.27 bits per heavy atom. The molecule has 0 aromatic carbocycles. The zero-order chi connectivity index (χ0) is 9.12. The first-order valence-corrected chi connectivity index (χ1v) is 4.00. The molecular weight excluding hydrogens is 140 g/mol. The predicted molar refractivity (Wildman–Crippen MR) is 47.1 cm³/mol. The van der Waals surface area contributed by atoms with Crippen LogP contribution in [0, 0.1) is 0 Å². The molecular formula is C8H20N2O. The van der Waals surface area contributed by atoms with Crippen LogP contribution in [0.4, 0.5) is 0 Å². The van der Waals surface area contributed by atoms with Crippen LogP contribution < -0.4 is 11.5 Å². The molecule has 0 aromatic rings. The van der Waals surface area contributed by atoms with Crippen molar-refractivity contribution in [2.75, 3.05) is 7.11 Å². The van der Waals surface area contributed by atoms with E-state index in [4.69, 9.17) is 16.2 Å². The Labute approximate surface area is 69.1 Å². The number of nitrogens with two attached hydrogens (primary N) is 2. The van der Waals surface area contributed by atoms with Gasteiger partial charge in [0, 0.05) is 7.11 Å². The highest BCUT2D eigenvalue weighted by Gasteiger charge is 2.37. The zero-order valence-corrected chi connectivity index (χ0v) is 7.98. The molecule has 0 aliphatic carbocycles. The van der Waals surface area contributed by atoms with Gasteiger partial charge in [-0.25, -0.2) is 0 Å². The second-order valence-corrected chi connectivity index (χ2v) is 3.57. The van der Waals surface area contributed by atoms with Gasteiger partial charge in [-0.2, -0.15) is 0 Å². The minimum atomic E-state index is -0.693. The molecule has 68 valence electrons. The van der Waals surface area contributed by atoms with Gasteiger partial charge >= 0.3 is 0 Å². The van der Waals surface area contributed by atoms with E-state index in [0.29, 0.717) is 0 Å². The molecule has 0 bridgehead atoms. The van der Waals surface area contributed by atoms with Crippen molar-refractivity contribution in [2.24, 2.45) is 11.5 Å². The van der Waals surface area contributed by atoms with Gasteiger partial charge < -0.3 is 16.2 Å². The largest absolute Gasteiger partial charge is 0.362 e. The molecule has 0 fully saturated rings. The second-order valence-electron chi connectivity index (χ2n) is 3.57. The van der Waals surface area contributed by atoms with Gasteiger partial charge in [-0.15, -0.1) is 0 Å². The Balaban J connectivity index is 4.33. The minimum absolute atomic E-state index is 0.488. The van der Waals surface area contributed by atoms with Gasteiger partial charge in [-0.05, 0) is 20.3 Å². The smallest absolute Gasteiger partial charge is 0.133 e. The van der Waals surface area contributed by atoms with Gasteiger partial charge in [0.1, 0.15) is 5.72 Å². The van der Waals surface area contributed by atoms with E-state index < -0.39 is 11.3 Å². The number of hydrogen-bond donors (Lipinski definition) is 2. The fraction of sp³-hybridized carbons (Fsp3) is 1.00. The van der Waals surface area contributed by atoms with Crippen molar-refractivity contribution in [3.05, 3.63) is 0 Å². The lowest BCUT2D eigenvalue weighted by atomic mass is 9.88. The van der Waals surface area contributed by atoms with Crippen LogP contribution in [0.2, 0.25) is 0 Å². The van der Waals surface area contributed by atoms with Crippen molar-refractivity contribution >= 4 is 0 Å². The summed E-state index contributed by atoms with van der Waals surface area (Å²) in [6.45, 7) is 5.82. The SMILES string of the molecule is CCCC(N)(OC)C(C)(C)N. The number of methoxy groups -OCH3 is 1. The summed E-state index contributed by atoms with van der Waals surface area (Å²) in [4.78, 5) is 0. The molecule has 0 spiro atoms. The first kappa shape index (κ1) is 10.9. The van der Waals surface area contributed by atoms with Crippen molar-refractivity contribution in [3.8, 4) is 0 Å². The third-order valence-corrected chi connectivity index (χ3v) is 2.08. The van der Waals surface area contributed by atoms with Crippen LogP contribution in [0.25, 0.3) is 0 Å². The molecule has 1 unspecified atom stereocenters. The molecule has 0 amide bonds. The lowest BCUT2D eigenvalue weighted by molar-refractivity contribution is -0.0627. The van der Waals surface area contributed by atoms with Gasteiger partial charge in [0.25, 0.3) is 0 Å². The van der Waals surface area contributed by atoms with Crippen LogP contribution in [-0.2, 0) is 4.74 Å². The van der Waals surface area contributed by atoms with E-state index >= 15 is 0 Å². The summed E-state index contributed by atoms with van der Waals surface area (Å²) in [7, 11) is 1.60. The number of hydrogen-bond acceptors (Lipinski definition) is 3. The highest BCUT2D eigenvalue weighted by Crippen LogP contribution is 2.22. The molecule has 0 aliphatic heterocycles. The van der Waals surface area contributed by atoms with E-state index in [9.17, 15) is 0 Å². The van der Waals surface area contributed by atoms with Crippen molar-refractivity contribution in [1.82, 2.24) is 0 Å². The molecule has 0 radical (unpaired) electrons. The normalized spacial score (nSPS) is 18.0. The Kier molecular flexibility index (Phi) is 3.48. The van der Waals surface area contributed by atoms with Gasteiger partial charge in [0.2, 0.25) is 0 Å². The Bertz CT molecular complexity index is 120.